The minimum Gasteiger partial charge on any atom is -0.465 e. The minimum absolute atomic E-state index is 0.157. The van der Waals surface area contributed by atoms with Gasteiger partial charge in [0.05, 0.1) is 23.1 Å². The second kappa shape index (κ2) is 6.37. The zero-order chi connectivity index (χ0) is 19.0. The lowest BCUT2D eigenvalue weighted by molar-refractivity contribution is -0.151. The Balaban J connectivity index is 2.85. The van der Waals surface area contributed by atoms with Crippen molar-refractivity contribution in [3.63, 3.8) is 0 Å². The van der Waals surface area contributed by atoms with Gasteiger partial charge in [-0.25, -0.2) is 4.98 Å². The molecule has 0 saturated heterocycles. The number of alkyl halides is 6. The zero-order valence-corrected chi connectivity index (χ0v) is 12.5. The molecule has 25 heavy (non-hydrogen) atoms. The first-order valence-corrected chi connectivity index (χ1v) is 6.80. The Morgan fingerprint density at radius 3 is 2.32 bits per heavy atom. The van der Waals surface area contributed by atoms with Crippen LogP contribution in [0.2, 0.25) is 0 Å². The summed E-state index contributed by atoms with van der Waals surface area (Å²) in [6, 6.07) is 2.25. The van der Waals surface area contributed by atoms with Crippen LogP contribution in [-0.4, -0.2) is 22.1 Å². The van der Waals surface area contributed by atoms with Gasteiger partial charge >= 0.3 is 18.3 Å². The topological polar surface area (TPSA) is 61.2 Å². The highest BCUT2D eigenvalue weighted by molar-refractivity contribution is 5.82. The summed E-state index contributed by atoms with van der Waals surface area (Å²) in [4.78, 5) is 26.9. The van der Waals surface area contributed by atoms with Crippen LogP contribution >= 0.6 is 0 Å². The van der Waals surface area contributed by atoms with Gasteiger partial charge in [0.1, 0.15) is 6.54 Å². The fourth-order valence-electron chi connectivity index (χ4n) is 2.20. The molecule has 0 atom stereocenters. The highest BCUT2D eigenvalue weighted by Gasteiger charge is 2.40. The molecule has 0 amide bonds. The van der Waals surface area contributed by atoms with Crippen LogP contribution in [0.25, 0.3) is 10.9 Å². The highest BCUT2D eigenvalue weighted by atomic mass is 19.4. The average molecular weight is 368 g/mol. The number of aromatic nitrogens is 2. The van der Waals surface area contributed by atoms with E-state index in [1.54, 1.807) is 0 Å². The lowest BCUT2D eigenvalue weighted by atomic mass is 10.1. The van der Waals surface area contributed by atoms with E-state index in [0.29, 0.717) is 6.07 Å². The second-order valence-electron chi connectivity index (χ2n) is 4.83. The van der Waals surface area contributed by atoms with Crippen LogP contribution in [-0.2, 0) is 28.4 Å². The fourth-order valence-corrected chi connectivity index (χ4v) is 2.20. The summed E-state index contributed by atoms with van der Waals surface area (Å²) in [5.41, 5.74) is -3.83. The van der Waals surface area contributed by atoms with Crippen molar-refractivity contribution in [2.24, 2.45) is 0 Å². The number of halogens is 6. The van der Waals surface area contributed by atoms with Crippen molar-refractivity contribution in [2.45, 2.75) is 25.8 Å². The van der Waals surface area contributed by atoms with Gasteiger partial charge in [-0.2, -0.15) is 26.3 Å². The van der Waals surface area contributed by atoms with E-state index >= 15 is 0 Å². The molecule has 0 fully saturated rings. The number of esters is 1. The van der Waals surface area contributed by atoms with E-state index in [4.69, 9.17) is 0 Å². The summed E-state index contributed by atoms with van der Waals surface area (Å²) in [7, 11) is 0. The smallest absolute Gasteiger partial charge is 0.449 e. The van der Waals surface area contributed by atoms with Crippen molar-refractivity contribution >= 4 is 16.9 Å². The van der Waals surface area contributed by atoms with Crippen LogP contribution in [0.3, 0.4) is 0 Å². The number of carbonyl (C=O) groups excluding carboxylic acids is 1. The molecule has 0 aliphatic carbocycles. The average Bonchev–Trinajstić information content (AvgIpc) is 2.47. The van der Waals surface area contributed by atoms with Gasteiger partial charge in [0.2, 0.25) is 5.82 Å². The molecule has 11 heteroatoms. The number of fused-ring (bicyclic) bond motifs is 1. The Bertz CT molecular complexity index is 870. The van der Waals surface area contributed by atoms with E-state index in [2.05, 4.69) is 9.72 Å². The Kier molecular flexibility index (Phi) is 4.78. The van der Waals surface area contributed by atoms with Crippen LogP contribution in [0.1, 0.15) is 18.3 Å². The number of benzene rings is 1. The molecule has 0 unspecified atom stereocenters. The Labute approximate surface area is 135 Å². The summed E-state index contributed by atoms with van der Waals surface area (Å²) >= 11 is 0. The second-order valence-corrected chi connectivity index (χ2v) is 4.83. The number of rotatable bonds is 3. The van der Waals surface area contributed by atoms with E-state index in [1.807, 2.05) is 0 Å². The maximum atomic E-state index is 13.1. The molecule has 0 radical (unpaired) electrons. The fraction of sp³-hybridized carbons (Fsp3) is 0.357. The number of ether oxygens (including phenoxy) is 1. The molecule has 0 N–H and O–H groups in total. The predicted octanol–water partition coefficient (Wildman–Crippen LogP) is 3.00. The molecule has 0 aliphatic heterocycles. The summed E-state index contributed by atoms with van der Waals surface area (Å²) in [5.74, 6) is -2.99. The standard InChI is InChI=1S/C14H10F6N2O3/c1-2-25-9(23)6-22-11(24)10-7(13(15,16)17)4-3-5-8(10)21-12(22)14(18,19)20/h3-5H,2,6H2,1H3. The summed E-state index contributed by atoms with van der Waals surface area (Å²) in [5, 5.41) is -1.05. The predicted molar refractivity (Wildman–Crippen MR) is 72.6 cm³/mol. The zero-order valence-electron chi connectivity index (χ0n) is 12.5. The van der Waals surface area contributed by atoms with Gasteiger partial charge in [-0.15, -0.1) is 0 Å². The molecule has 0 saturated carbocycles. The third-order valence-electron chi connectivity index (χ3n) is 3.13. The van der Waals surface area contributed by atoms with E-state index in [9.17, 15) is 35.9 Å². The first-order chi connectivity index (χ1) is 11.5. The maximum Gasteiger partial charge on any atom is 0.449 e. The van der Waals surface area contributed by atoms with Gasteiger partial charge in [0.15, 0.2) is 0 Å². The number of nitrogens with zero attached hydrogens (tertiary/aromatic N) is 2. The lowest BCUT2D eigenvalue weighted by Crippen LogP contribution is -2.34. The molecule has 2 aromatic rings. The van der Waals surface area contributed by atoms with E-state index in [0.717, 1.165) is 12.1 Å². The van der Waals surface area contributed by atoms with Gasteiger partial charge in [0.25, 0.3) is 5.56 Å². The largest absolute Gasteiger partial charge is 0.465 e. The maximum absolute atomic E-state index is 13.1. The van der Waals surface area contributed by atoms with Crippen molar-refractivity contribution in [2.75, 3.05) is 6.61 Å². The Morgan fingerprint density at radius 2 is 1.80 bits per heavy atom. The number of hydrogen-bond donors (Lipinski definition) is 0. The van der Waals surface area contributed by atoms with Crippen LogP contribution in [0.5, 0.6) is 0 Å². The molecule has 0 spiro atoms. The normalized spacial score (nSPS) is 12.4. The van der Waals surface area contributed by atoms with Gasteiger partial charge < -0.3 is 4.74 Å². The van der Waals surface area contributed by atoms with Gasteiger partial charge in [-0.3, -0.25) is 14.2 Å². The summed E-state index contributed by atoms with van der Waals surface area (Å²) in [6.07, 6.45) is -10.1. The molecule has 1 aromatic heterocycles. The monoisotopic (exact) mass is 368 g/mol. The van der Waals surface area contributed by atoms with Crippen molar-refractivity contribution < 1.29 is 35.9 Å². The van der Waals surface area contributed by atoms with Crippen molar-refractivity contribution in [1.29, 1.82) is 0 Å². The number of carbonyl (C=O) groups is 1. The molecule has 5 nitrogen and oxygen atoms in total. The van der Waals surface area contributed by atoms with E-state index in [-0.39, 0.29) is 11.2 Å². The first-order valence-electron chi connectivity index (χ1n) is 6.80. The van der Waals surface area contributed by atoms with E-state index < -0.39 is 52.7 Å². The molecular weight excluding hydrogens is 358 g/mol. The van der Waals surface area contributed by atoms with E-state index in [1.165, 1.54) is 6.92 Å². The molecule has 1 heterocycles. The van der Waals surface area contributed by atoms with Crippen LogP contribution in [0, 0.1) is 0 Å². The van der Waals surface area contributed by atoms with Crippen LogP contribution in [0.4, 0.5) is 26.3 Å². The van der Waals surface area contributed by atoms with Crippen molar-refractivity contribution in [3.8, 4) is 0 Å². The Hall–Kier alpha value is -2.59. The highest BCUT2D eigenvalue weighted by Crippen LogP contribution is 2.34. The van der Waals surface area contributed by atoms with Crippen molar-refractivity contribution in [1.82, 2.24) is 9.55 Å². The molecule has 0 bridgehead atoms. The SMILES string of the molecule is CCOC(=O)Cn1c(C(F)(F)F)nc2cccc(C(F)(F)F)c2c1=O. The minimum atomic E-state index is -5.16. The van der Waals surface area contributed by atoms with Gasteiger partial charge in [-0.1, -0.05) is 6.07 Å². The third-order valence-corrected chi connectivity index (χ3v) is 3.13. The van der Waals surface area contributed by atoms with Crippen molar-refractivity contribution in [3.05, 3.63) is 39.9 Å². The number of hydrogen-bond acceptors (Lipinski definition) is 4. The summed E-state index contributed by atoms with van der Waals surface area (Å²) in [6.45, 7) is -0.00780. The first kappa shape index (κ1) is 18.7. The molecule has 0 aliphatic rings. The Morgan fingerprint density at radius 1 is 1.16 bits per heavy atom. The molecule has 2 rings (SSSR count). The quantitative estimate of drug-likeness (QED) is 0.617. The van der Waals surface area contributed by atoms with Gasteiger partial charge in [0, 0.05) is 0 Å². The molecule has 1 aromatic carbocycles. The molecular formula is C14H10F6N2O3. The van der Waals surface area contributed by atoms with Crippen LogP contribution < -0.4 is 5.56 Å². The van der Waals surface area contributed by atoms with Crippen LogP contribution in [0.15, 0.2) is 23.0 Å². The molecule has 136 valence electrons. The third kappa shape index (κ3) is 3.74. The van der Waals surface area contributed by atoms with Gasteiger partial charge in [-0.05, 0) is 19.1 Å². The summed E-state index contributed by atoms with van der Waals surface area (Å²) < 4.78 is 82.9. The lowest BCUT2D eigenvalue weighted by Gasteiger charge is -2.16.